The molecule has 1 atom stereocenters. The minimum atomic E-state index is 0.514. The van der Waals surface area contributed by atoms with E-state index in [-0.39, 0.29) is 0 Å². The van der Waals surface area contributed by atoms with Gasteiger partial charge in [0.1, 0.15) is 5.82 Å². The van der Waals surface area contributed by atoms with Gasteiger partial charge in [0, 0.05) is 24.0 Å². The van der Waals surface area contributed by atoms with Crippen LogP contribution in [0.25, 0.3) is 27.2 Å². The number of rotatable bonds is 0. The second-order valence-electron chi connectivity index (χ2n) is 6.86. The van der Waals surface area contributed by atoms with Gasteiger partial charge in [-0.1, -0.05) is 30.3 Å². The van der Waals surface area contributed by atoms with Crippen LogP contribution in [0.3, 0.4) is 0 Å². The fourth-order valence-electron chi connectivity index (χ4n) is 4.59. The Labute approximate surface area is 134 Å². The summed E-state index contributed by atoms with van der Waals surface area (Å²) in [7, 11) is 0. The van der Waals surface area contributed by atoms with Gasteiger partial charge in [-0.2, -0.15) is 0 Å². The summed E-state index contributed by atoms with van der Waals surface area (Å²) in [5.41, 5.74) is 4.31. The van der Waals surface area contributed by atoms with Crippen molar-refractivity contribution in [3.05, 3.63) is 71.8 Å². The second kappa shape index (κ2) is 4.02. The Morgan fingerprint density at radius 1 is 0.957 bits per heavy atom. The Balaban J connectivity index is 1.88. The molecule has 4 aromatic rings. The summed E-state index contributed by atoms with van der Waals surface area (Å²) in [5.74, 6) is 1.73. The minimum absolute atomic E-state index is 0.514. The molecule has 1 unspecified atom stereocenters. The zero-order chi connectivity index (χ0) is 15.0. The number of hydrogen-bond donors (Lipinski definition) is 0. The van der Waals surface area contributed by atoms with Crippen LogP contribution in [0.1, 0.15) is 29.3 Å². The Hall–Kier alpha value is -2.61. The molecule has 0 saturated heterocycles. The van der Waals surface area contributed by atoms with E-state index in [0.29, 0.717) is 5.92 Å². The van der Waals surface area contributed by atoms with Gasteiger partial charge in [-0.25, -0.2) is 4.98 Å². The summed E-state index contributed by atoms with van der Waals surface area (Å²) in [4.78, 5) is 4.72. The van der Waals surface area contributed by atoms with Crippen LogP contribution in [0.4, 0.5) is 0 Å². The highest BCUT2D eigenvalue weighted by molar-refractivity contribution is 6.09. The monoisotopic (exact) mass is 296 g/mol. The van der Waals surface area contributed by atoms with E-state index in [1.165, 1.54) is 45.0 Å². The van der Waals surface area contributed by atoms with Gasteiger partial charge in [-0.3, -0.25) is 0 Å². The maximum atomic E-state index is 4.72. The molecular weight excluding hydrogens is 280 g/mol. The summed E-state index contributed by atoms with van der Waals surface area (Å²) >= 11 is 0. The van der Waals surface area contributed by atoms with E-state index in [0.717, 1.165) is 12.8 Å². The minimum Gasteiger partial charge on any atom is -0.304 e. The smallest absolute Gasteiger partial charge is 0.116 e. The summed E-state index contributed by atoms with van der Waals surface area (Å²) < 4.78 is 2.29. The first-order valence-electron chi connectivity index (χ1n) is 8.39. The van der Waals surface area contributed by atoms with Gasteiger partial charge in [-0.05, 0) is 64.1 Å². The number of benzene rings is 3. The molecule has 0 fully saturated rings. The van der Waals surface area contributed by atoms with E-state index in [2.05, 4.69) is 53.2 Å². The van der Waals surface area contributed by atoms with Crippen molar-refractivity contribution in [3.63, 3.8) is 0 Å². The molecule has 110 valence electrons. The Morgan fingerprint density at radius 3 is 2.87 bits per heavy atom. The van der Waals surface area contributed by atoms with Crippen molar-refractivity contribution in [1.82, 2.24) is 9.55 Å². The van der Waals surface area contributed by atoms with Crippen LogP contribution >= 0.6 is 0 Å². The maximum absolute atomic E-state index is 4.72. The molecule has 3 aromatic carbocycles. The molecule has 0 radical (unpaired) electrons. The molecule has 6 bridgehead atoms. The predicted molar refractivity (Wildman–Crippen MR) is 93.3 cm³/mol. The topological polar surface area (TPSA) is 17.8 Å². The maximum Gasteiger partial charge on any atom is 0.116 e. The van der Waals surface area contributed by atoms with Gasteiger partial charge >= 0.3 is 0 Å². The zero-order valence-electron chi connectivity index (χ0n) is 12.8. The van der Waals surface area contributed by atoms with Crippen LogP contribution in [0.2, 0.25) is 0 Å². The highest BCUT2D eigenvalue weighted by Crippen LogP contribution is 2.40. The molecule has 0 N–H and O–H groups in total. The number of aromatic nitrogens is 2. The summed E-state index contributed by atoms with van der Waals surface area (Å²) in [6, 6.07) is 16.1. The molecule has 0 saturated carbocycles. The second-order valence-corrected chi connectivity index (χ2v) is 6.86. The zero-order valence-corrected chi connectivity index (χ0v) is 12.8. The first-order valence-corrected chi connectivity index (χ1v) is 8.39. The molecule has 0 spiro atoms. The first-order chi connectivity index (χ1) is 11.4. The van der Waals surface area contributed by atoms with Crippen molar-refractivity contribution < 1.29 is 0 Å². The molecule has 23 heavy (non-hydrogen) atoms. The third kappa shape index (κ3) is 1.46. The van der Waals surface area contributed by atoms with E-state index in [4.69, 9.17) is 4.98 Å². The van der Waals surface area contributed by atoms with E-state index >= 15 is 0 Å². The van der Waals surface area contributed by atoms with E-state index in [1.54, 1.807) is 5.56 Å². The van der Waals surface area contributed by atoms with Gasteiger partial charge in [0.05, 0.1) is 0 Å². The molecule has 2 heterocycles. The van der Waals surface area contributed by atoms with Crippen molar-refractivity contribution in [2.75, 3.05) is 0 Å². The van der Waals surface area contributed by atoms with Crippen LogP contribution in [0.15, 0.2) is 54.9 Å². The molecule has 6 rings (SSSR count). The Bertz CT molecular complexity index is 1100. The summed E-state index contributed by atoms with van der Waals surface area (Å²) in [5, 5.41) is 5.51. The number of fused-ring (bicyclic) bond motifs is 5. The average Bonchev–Trinajstić information content (AvgIpc) is 3.08. The summed E-state index contributed by atoms with van der Waals surface area (Å²) in [6.07, 6.45) is 7.53. The predicted octanol–water partition coefficient (Wildman–Crippen LogP) is 4.76. The van der Waals surface area contributed by atoms with Gasteiger partial charge in [0.15, 0.2) is 0 Å². The SMILES string of the molecule is c1cn2c(n1)C1CCc3ccc4c(ccc5ccc-2cc54)c3C1. The van der Waals surface area contributed by atoms with Crippen LogP contribution in [-0.2, 0) is 12.8 Å². The van der Waals surface area contributed by atoms with Gasteiger partial charge in [-0.15, -0.1) is 0 Å². The largest absolute Gasteiger partial charge is 0.304 e. The first kappa shape index (κ1) is 11.9. The Morgan fingerprint density at radius 2 is 1.87 bits per heavy atom. The molecule has 2 nitrogen and oxygen atoms in total. The third-order valence-corrected chi connectivity index (χ3v) is 5.74. The number of aryl methyl sites for hydroxylation is 1. The van der Waals surface area contributed by atoms with E-state index in [1.807, 2.05) is 6.20 Å². The quantitative estimate of drug-likeness (QED) is 0.428. The molecule has 2 heteroatoms. The lowest BCUT2D eigenvalue weighted by molar-refractivity contribution is 0.551. The van der Waals surface area contributed by atoms with Gasteiger partial charge < -0.3 is 4.57 Å². The van der Waals surface area contributed by atoms with Crippen molar-refractivity contribution in [3.8, 4) is 5.69 Å². The van der Waals surface area contributed by atoms with Crippen molar-refractivity contribution in [2.45, 2.75) is 25.2 Å². The van der Waals surface area contributed by atoms with Crippen LogP contribution < -0.4 is 0 Å². The Kier molecular flexibility index (Phi) is 2.08. The lowest BCUT2D eigenvalue weighted by Crippen LogP contribution is -2.17. The van der Waals surface area contributed by atoms with Crippen molar-refractivity contribution >= 4 is 21.5 Å². The average molecular weight is 296 g/mol. The normalized spacial score (nSPS) is 18.3. The number of nitrogens with zero attached hydrogens (tertiary/aromatic N) is 2. The van der Waals surface area contributed by atoms with Crippen molar-refractivity contribution in [1.29, 1.82) is 0 Å². The lowest BCUT2D eigenvalue weighted by atomic mass is 9.80. The summed E-state index contributed by atoms with van der Waals surface area (Å²) in [6.45, 7) is 0. The lowest BCUT2D eigenvalue weighted by Gasteiger charge is -2.27. The molecule has 2 aliphatic rings. The van der Waals surface area contributed by atoms with E-state index < -0.39 is 0 Å². The van der Waals surface area contributed by atoms with E-state index in [9.17, 15) is 0 Å². The molecule has 1 aromatic heterocycles. The fourth-order valence-corrected chi connectivity index (χ4v) is 4.59. The molecule has 1 aliphatic carbocycles. The van der Waals surface area contributed by atoms with Crippen LogP contribution in [0, 0.1) is 0 Å². The standard InChI is InChI=1S/C21H16N2/c1-2-15-11-19-13(1)4-8-18-17(19)7-5-14-3-6-16(12-20(14)18)23-10-9-22-21(15)23/h3-10,12,15H,1-2,11H2. The number of hydrogen-bond acceptors (Lipinski definition) is 1. The highest BCUT2D eigenvalue weighted by Gasteiger charge is 2.26. The van der Waals surface area contributed by atoms with Gasteiger partial charge in [0.2, 0.25) is 0 Å². The fraction of sp³-hybridized carbons (Fsp3) is 0.190. The van der Waals surface area contributed by atoms with Crippen molar-refractivity contribution in [2.24, 2.45) is 0 Å². The molecule has 0 amide bonds. The molecule has 1 aliphatic heterocycles. The number of imidazole rings is 1. The third-order valence-electron chi connectivity index (χ3n) is 5.74. The van der Waals surface area contributed by atoms with Crippen LogP contribution in [-0.4, -0.2) is 9.55 Å². The highest BCUT2D eigenvalue weighted by atomic mass is 15.1. The van der Waals surface area contributed by atoms with Crippen LogP contribution in [0.5, 0.6) is 0 Å². The molecular formula is C21H16N2. The van der Waals surface area contributed by atoms with Gasteiger partial charge in [0.25, 0.3) is 0 Å².